The number of unbranched alkanes of at least 4 members (excludes halogenated alkanes) is 2. The number of rotatable bonds is 14. The van der Waals surface area contributed by atoms with E-state index in [1.165, 1.54) is 51.4 Å². The van der Waals surface area contributed by atoms with Gasteiger partial charge in [-0.3, -0.25) is 0 Å². The van der Waals surface area contributed by atoms with E-state index in [0.29, 0.717) is 5.41 Å². The van der Waals surface area contributed by atoms with Crippen molar-refractivity contribution in [2.75, 3.05) is 0 Å². The largest absolute Gasteiger partial charge is 0.0654 e. The molecular weight excluding hydrogens is 300 g/mol. The third-order valence-electron chi connectivity index (χ3n) is 6.68. The number of hydrogen-bond acceptors (Lipinski definition) is 0. The molecule has 0 aliphatic heterocycles. The molecule has 0 spiro atoms. The first-order valence-corrected chi connectivity index (χ1v) is 11.6. The van der Waals surface area contributed by atoms with E-state index in [1.54, 1.807) is 0 Å². The Bertz CT molecular complexity index is 314. The summed E-state index contributed by atoms with van der Waals surface area (Å²) in [5.74, 6) is 5.10. The van der Waals surface area contributed by atoms with Crippen LogP contribution in [0.3, 0.4) is 0 Å². The summed E-state index contributed by atoms with van der Waals surface area (Å²) in [6, 6.07) is 0. The molecule has 152 valence electrons. The Hall–Kier alpha value is 0. The Morgan fingerprint density at radius 2 is 1.12 bits per heavy atom. The Labute approximate surface area is 161 Å². The van der Waals surface area contributed by atoms with E-state index in [0.717, 1.165) is 35.5 Å². The summed E-state index contributed by atoms with van der Waals surface area (Å²) in [7, 11) is 0. The molecule has 0 N–H and O–H groups in total. The van der Waals surface area contributed by atoms with Crippen LogP contribution in [0, 0.1) is 40.9 Å². The highest BCUT2D eigenvalue weighted by Crippen LogP contribution is 2.43. The fourth-order valence-corrected chi connectivity index (χ4v) is 5.68. The van der Waals surface area contributed by atoms with Gasteiger partial charge >= 0.3 is 0 Å². The minimum absolute atomic E-state index is 0.475. The standard InChI is InChI=1S/C25H52/c1-11-13-15-20(5)23(8)24(21(6)16-14-12-2)22(7)18-25(9,10)17-19(3)4/h19-24H,11-18H2,1-10H3. The maximum atomic E-state index is 2.57. The van der Waals surface area contributed by atoms with Crippen molar-refractivity contribution in [3.05, 3.63) is 0 Å². The van der Waals surface area contributed by atoms with Crippen molar-refractivity contribution in [2.24, 2.45) is 40.9 Å². The smallest absolute Gasteiger partial charge is 0.0334 e. The predicted molar refractivity (Wildman–Crippen MR) is 117 cm³/mol. The average Bonchev–Trinajstić information content (AvgIpc) is 2.48. The van der Waals surface area contributed by atoms with E-state index in [-0.39, 0.29) is 0 Å². The van der Waals surface area contributed by atoms with Crippen LogP contribution in [0.4, 0.5) is 0 Å². The van der Waals surface area contributed by atoms with E-state index in [1.807, 2.05) is 0 Å². The highest BCUT2D eigenvalue weighted by molar-refractivity contribution is 4.84. The molecule has 0 heterocycles. The van der Waals surface area contributed by atoms with Crippen molar-refractivity contribution in [2.45, 2.75) is 121 Å². The molecule has 0 aromatic heterocycles. The first-order valence-electron chi connectivity index (χ1n) is 11.6. The third-order valence-corrected chi connectivity index (χ3v) is 6.68. The van der Waals surface area contributed by atoms with Gasteiger partial charge in [0.1, 0.15) is 0 Å². The van der Waals surface area contributed by atoms with E-state index >= 15 is 0 Å². The molecule has 0 bridgehead atoms. The lowest BCUT2D eigenvalue weighted by Gasteiger charge is -2.41. The minimum atomic E-state index is 0.475. The molecule has 5 atom stereocenters. The Morgan fingerprint density at radius 3 is 1.56 bits per heavy atom. The summed E-state index contributed by atoms with van der Waals surface area (Å²) < 4.78 is 0. The fraction of sp³-hybridized carbons (Fsp3) is 1.00. The molecular formula is C25H52. The lowest BCUT2D eigenvalue weighted by molar-refractivity contribution is 0.0844. The van der Waals surface area contributed by atoms with Crippen molar-refractivity contribution in [1.82, 2.24) is 0 Å². The van der Waals surface area contributed by atoms with Crippen LogP contribution in [0.2, 0.25) is 0 Å². The van der Waals surface area contributed by atoms with Crippen molar-refractivity contribution in [3.63, 3.8) is 0 Å². The van der Waals surface area contributed by atoms with Crippen LogP contribution in [0.5, 0.6) is 0 Å². The fourth-order valence-electron chi connectivity index (χ4n) is 5.68. The Morgan fingerprint density at radius 1 is 0.640 bits per heavy atom. The van der Waals surface area contributed by atoms with E-state index in [9.17, 15) is 0 Å². The van der Waals surface area contributed by atoms with Crippen LogP contribution in [0.25, 0.3) is 0 Å². The zero-order chi connectivity index (χ0) is 19.6. The van der Waals surface area contributed by atoms with Crippen LogP contribution in [0.15, 0.2) is 0 Å². The quantitative estimate of drug-likeness (QED) is 0.292. The second kappa shape index (κ2) is 12.4. The van der Waals surface area contributed by atoms with Gasteiger partial charge in [0, 0.05) is 0 Å². The maximum absolute atomic E-state index is 2.57. The van der Waals surface area contributed by atoms with Gasteiger partial charge in [-0.2, -0.15) is 0 Å². The van der Waals surface area contributed by atoms with Crippen LogP contribution in [0.1, 0.15) is 121 Å². The summed E-state index contributed by atoms with van der Waals surface area (Å²) in [4.78, 5) is 0. The third kappa shape index (κ3) is 10.0. The van der Waals surface area contributed by atoms with Crippen molar-refractivity contribution in [1.29, 1.82) is 0 Å². The molecule has 0 radical (unpaired) electrons. The molecule has 0 saturated carbocycles. The van der Waals surface area contributed by atoms with Crippen LogP contribution < -0.4 is 0 Å². The van der Waals surface area contributed by atoms with Gasteiger partial charge in [0.25, 0.3) is 0 Å². The monoisotopic (exact) mass is 352 g/mol. The zero-order valence-electron chi connectivity index (χ0n) is 19.6. The van der Waals surface area contributed by atoms with Crippen LogP contribution >= 0.6 is 0 Å². The van der Waals surface area contributed by atoms with E-state index < -0.39 is 0 Å². The molecule has 0 rings (SSSR count). The van der Waals surface area contributed by atoms with Crippen LogP contribution in [-0.2, 0) is 0 Å². The maximum Gasteiger partial charge on any atom is -0.0334 e. The van der Waals surface area contributed by atoms with Gasteiger partial charge in [-0.15, -0.1) is 0 Å². The first kappa shape index (κ1) is 25.0. The van der Waals surface area contributed by atoms with Gasteiger partial charge in [-0.25, -0.2) is 0 Å². The van der Waals surface area contributed by atoms with Gasteiger partial charge in [-0.05, 0) is 53.8 Å². The topological polar surface area (TPSA) is 0 Å². The summed E-state index contributed by atoms with van der Waals surface area (Å²) >= 11 is 0. The lowest BCUT2D eigenvalue weighted by Crippen LogP contribution is -2.33. The summed E-state index contributed by atoms with van der Waals surface area (Å²) in [6.45, 7) is 24.6. The van der Waals surface area contributed by atoms with Gasteiger partial charge in [0.05, 0.1) is 0 Å². The molecule has 0 nitrogen and oxygen atoms in total. The molecule has 0 saturated heterocycles. The zero-order valence-corrected chi connectivity index (χ0v) is 19.6. The molecule has 5 unspecified atom stereocenters. The van der Waals surface area contributed by atoms with Crippen molar-refractivity contribution < 1.29 is 0 Å². The highest BCUT2D eigenvalue weighted by atomic mass is 14.4. The van der Waals surface area contributed by atoms with Crippen molar-refractivity contribution >= 4 is 0 Å². The second-order valence-electron chi connectivity index (χ2n) is 10.6. The summed E-state index contributed by atoms with van der Waals surface area (Å²) in [6.07, 6.45) is 11.0. The van der Waals surface area contributed by atoms with Gasteiger partial charge in [-0.1, -0.05) is 108 Å². The van der Waals surface area contributed by atoms with Crippen molar-refractivity contribution in [3.8, 4) is 0 Å². The van der Waals surface area contributed by atoms with Gasteiger partial charge < -0.3 is 0 Å². The minimum Gasteiger partial charge on any atom is -0.0654 e. The Kier molecular flexibility index (Phi) is 12.4. The van der Waals surface area contributed by atoms with Gasteiger partial charge in [0.15, 0.2) is 0 Å². The first-order chi connectivity index (χ1) is 11.6. The SMILES string of the molecule is CCCCC(C)C(C)C(C(C)CCCC)C(C)CC(C)(C)CC(C)C. The summed E-state index contributed by atoms with van der Waals surface area (Å²) in [5, 5.41) is 0. The molecule has 0 aliphatic carbocycles. The van der Waals surface area contributed by atoms with Gasteiger partial charge in [0.2, 0.25) is 0 Å². The second-order valence-corrected chi connectivity index (χ2v) is 10.6. The lowest BCUT2D eigenvalue weighted by atomic mass is 9.64. The normalized spacial score (nSPS) is 18.8. The molecule has 0 amide bonds. The molecule has 0 heteroatoms. The molecule has 0 aliphatic rings. The van der Waals surface area contributed by atoms with Crippen LogP contribution in [-0.4, -0.2) is 0 Å². The number of hydrogen-bond donors (Lipinski definition) is 0. The molecule has 25 heavy (non-hydrogen) atoms. The molecule has 0 fully saturated rings. The predicted octanol–water partition coefficient (Wildman–Crippen LogP) is 8.99. The molecule has 0 aromatic carbocycles. The Balaban J connectivity index is 5.14. The average molecular weight is 353 g/mol. The van der Waals surface area contributed by atoms with E-state index in [4.69, 9.17) is 0 Å². The van der Waals surface area contributed by atoms with E-state index in [2.05, 4.69) is 69.2 Å². The highest BCUT2D eigenvalue weighted by Gasteiger charge is 2.34. The summed E-state index contributed by atoms with van der Waals surface area (Å²) in [5.41, 5.74) is 0.475. The molecule has 0 aromatic rings.